The molecular formula is C30H34Cl2OTi. The van der Waals surface area contributed by atoms with E-state index in [2.05, 4.69) is 120 Å². The third kappa shape index (κ3) is 5.84. The Morgan fingerprint density at radius 2 is 1.15 bits per heavy atom. The quantitative estimate of drug-likeness (QED) is 0.301. The summed E-state index contributed by atoms with van der Waals surface area (Å²) in [6, 6.07) is 28.3. The molecule has 0 fully saturated rings. The largest absolute Gasteiger partial charge is 0.147 e. The second-order valence-corrected chi connectivity index (χ2v) is 11.9. The maximum atomic E-state index is 7.11. The number of hydrogen-bond acceptors (Lipinski definition) is 1. The normalized spacial score (nSPS) is 14.9. The van der Waals surface area contributed by atoms with E-state index >= 15 is 0 Å². The van der Waals surface area contributed by atoms with Gasteiger partial charge in [-0.05, 0) is 0 Å². The third-order valence-corrected chi connectivity index (χ3v) is 11.0. The van der Waals surface area contributed by atoms with Gasteiger partial charge in [0.25, 0.3) is 0 Å². The molecule has 1 aliphatic rings. The van der Waals surface area contributed by atoms with E-state index in [-0.39, 0.29) is 24.8 Å². The Bertz CT molecular complexity index is 1180. The Labute approximate surface area is 223 Å². The Balaban J connectivity index is 0.00000204. The topological polar surface area (TPSA) is 9.23 Å². The second-order valence-electron chi connectivity index (χ2n) is 8.93. The first kappa shape index (κ1) is 28.3. The molecule has 0 radical (unpaired) electrons. The molecule has 1 atom stereocenters. The molecule has 0 aromatic heterocycles. The second kappa shape index (κ2) is 12.2. The Morgan fingerprint density at radius 3 is 1.56 bits per heavy atom. The van der Waals surface area contributed by atoms with Gasteiger partial charge in [-0.25, -0.2) is 0 Å². The van der Waals surface area contributed by atoms with E-state index in [0.29, 0.717) is 5.92 Å². The fourth-order valence-corrected chi connectivity index (χ4v) is 9.14. The molecule has 1 unspecified atom stereocenters. The number of benzene rings is 3. The van der Waals surface area contributed by atoms with Crippen molar-refractivity contribution in [1.29, 1.82) is 0 Å². The van der Waals surface area contributed by atoms with Gasteiger partial charge < -0.3 is 0 Å². The van der Waals surface area contributed by atoms with Gasteiger partial charge in [-0.3, -0.25) is 0 Å². The van der Waals surface area contributed by atoms with Gasteiger partial charge in [-0.1, -0.05) is 0 Å². The molecule has 0 saturated carbocycles. The van der Waals surface area contributed by atoms with Gasteiger partial charge in [-0.15, -0.1) is 24.8 Å². The predicted octanol–water partition coefficient (Wildman–Crippen LogP) is 8.59. The molecule has 0 spiro atoms. The fourth-order valence-electron chi connectivity index (χ4n) is 4.72. The van der Waals surface area contributed by atoms with E-state index < -0.39 is 17.8 Å². The molecule has 4 heteroatoms. The summed E-state index contributed by atoms with van der Waals surface area (Å²) in [6.07, 6.45) is 0. The molecule has 178 valence electrons. The fraction of sp³-hybridized carbons (Fsp3) is 0.233. The smallest absolute Gasteiger partial charge is 0.147 e. The average Bonchev–Trinajstić information content (AvgIpc) is 2.97. The number of hydrogen-bond donors (Lipinski definition) is 0. The first-order valence-corrected chi connectivity index (χ1v) is 13.6. The van der Waals surface area contributed by atoms with Crippen molar-refractivity contribution in [1.82, 2.24) is 0 Å². The van der Waals surface area contributed by atoms with Crippen molar-refractivity contribution in [2.24, 2.45) is 5.92 Å². The maximum absolute atomic E-state index is 7.11. The molecule has 4 rings (SSSR count). The minimum Gasteiger partial charge on any atom is -0.147 e. The summed E-state index contributed by atoms with van der Waals surface area (Å²) in [5.41, 5.74) is 9.37. The Hall–Kier alpha value is -1.90. The van der Waals surface area contributed by atoms with Crippen molar-refractivity contribution in [3.63, 3.8) is 0 Å². The van der Waals surface area contributed by atoms with Crippen LogP contribution in [0.3, 0.4) is 0 Å². The van der Waals surface area contributed by atoms with E-state index in [1.54, 1.807) is 0 Å². The minimum atomic E-state index is -2.44. The SMILES string of the molecule is CC1=C(C)C(C)[C]([Ti]([O]c2cc(C)cc(C)c2)=[C](c2ccccc2)c2ccccc2)=C1C.Cl.Cl. The van der Waals surface area contributed by atoms with E-state index in [1.807, 2.05) is 0 Å². The van der Waals surface area contributed by atoms with E-state index in [4.69, 9.17) is 3.32 Å². The van der Waals surface area contributed by atoms with Crippen molar-refractivity contribution in [3.8, 4) is 5.75 Å². The van der Waals surface area contributed by atoms with Crippen LogP contribution in [0.1, 0.15) is 49.9 Å². The minimum absolute atomic E-state index is 0. The summed E-state index contributed by atoms with van der Waals surface area (Å²) in [4.78, 5) is 0. The number of halogens is 2. The summed E-state index contributed by atoms with van der Waals surface area (Å²) in [7, 11) is 0. The first-order valence-electron chi connectivity index (χ1n) is 11.4. The van der Waals surface area contributed by atoms with Crippen LogP contribution in [-0.2, 0) is 17.8 Å². The summed E-state index contributed by atoms with van der Waals surface area (Å²) >= 11 is -2.44. The van der Waals surface area contributed by atoms with Crippen LogP contribution in [0.2, 0.25) is 0 Å². The molecule has 0 heterocycles. The summed E-state index contributed by atoms with van der Waals surface area (Å²) in [5.74, 6) is 1.41. The van der Waals surface area contributed by atoms with E-state index in [1.165, 1.54) is 46.7 Å². The van der Waals surface area contributed by atoms with Crippen molar-refractivity contribution in [2.45, 2.75) is 41.5 Å². The van der Waals surface area contributed by atoms with Crippen LogP contribution in [0.25, 0.3) is 0 Å². The number of aryl methyl sites for hydroxylation is 2. The van der Waals surface area contributed by atoms with Crippen LogP contribution >= 0.6 is 24.8 Å². The third-order valence-electron chi connectivity index (χ3n) is 6.65. The molecule has 3 aromatic rings. The number of rotatable bonds is 5. The Kier molecular flexibility index (Phi) is 10.2. The van der Waals surface area contributed by atoms with Gasteiger partial charge in [0.1, 0.15) is 0 Å². The molecular weight excluding hydrogens is 495 g/mol. The van der Waals surface area contributed by atoms with E-state index in [0.717, 1.165) is 5.75 Å². The molecule has 0 N–H and O–H groups in total. The molecule has 34 heavy (non-hydrogen) atoms. The van der Waals surface area contributed by atoms with Crippen molar-refractivity contribution < 1.29 is 21.1 Å². The van der Waals surface area contributed by atoms with E-state index in [9.17, 15) is 0 Å². The van der Waals surface area contributed by atoms with Crippen molar-refractivity contribution >= 4 is 28.6 Å². The molecule has 1 nitrogen and oxygen atoms in total. The predicted molar refractivity (Wildman–Crippen MR) is 147 cm³/mol. The molecule has 0 saturated heterocycles. The van der Waals surface area contributed by atoms with Crippen LogP contribution in [0.5, 0.6) is 5.75 Å². The number of allylic oxidation sites excluding steroid dienone is 4. The molecule has 3 aromatic carbocycles. The zero-order chi connectivity index (χ0) is 22.8. The van der Waals surface area contributed by atoms with Crippen LogP contribution in [-0.4, -0.2) is 3.81 Å². The van der Waals surface area contributed by atoms with Crippen LogP contribution in [0.4, 0.5) is 0 Å². The molecule has 1 aliphatic carbocycles. The summed E-state index contributed by atoms with van der Waals surface area (Å²) in [5, 5.41) is 0. The van der Waals surface area contributed by atoms with Crippen LogP contribution in [0, 0.1) is 19.8 Å². The first-order chi connectivity index (χ1) is 15.4. The molecule has 0 aliphatic heterocycles. The van der Waals surface area contributed by atoms with Crippen LogP contribution in [0.15, 0.2) is 99.5 Å². The van der Waals surface area contributed by atoms with Crippen molar-refractivity contribution in [3.05, 3.63) is 122 Å². The van der Waals surface area contributed by atoms with Gasteiger partial charge in [0, 0.05) is 0 Å². The Morgan fingerprint density at radius 1 is 0.676 bits per heavy atom. The van der Waals surface area contributed by atoms with Gasteiger partial charge in [0.15, 0.2) is 0 Å². The standard InChI is InChI=1S/C13H10.C9H13.C8H10O.2ClH.Ti/c1-3-7-12(8-4-1)11-13-9-5-2-6-10-13;1-6-5-7(2)9(4)8(6)3;1-6-3-7(2)5-8(9)4-6;;;/h1-10H;6H,1-4H3;3-5,9H,1-2H3;2*1H;/q;;;;;+1/p-1. The van der Waals surface area contributed by atoms with Gasteiger partial charge in [-0.2, -0.15) is 0 Å². The van der Waals surface area contributed by atoms with Gasteiger partial charge in [0.05, 0.1) is 0 Å². The molecule has 0 amide bonds. The zero-order valence-corrected chi connectivity index (χ0v) is 24.0. The van der Waals surface area contributed by atoms with Gasteiger partial charge >= 0.3 is 200 Å². The van der Waals surface area contributed by atoms with Crippen LogP contribution < -0.4 is 3.32 Å². The van der Waals surface area contributed by atoms with Gasteiger partial charge in [0.2, 0.25) is 0 Å². The summed E-state index contributed by atoms with van der Waals surface area (Å²) < 4.78 is 10.0. The maximum Gasteiger partial charge on any atom is -0.147 e. The zero-order valence-electron chi connectivity index (χ0n) is 20.8. The molecule has 0 bridgehead atoms. The van der Waals surface area contributed by atoms with Crippen molar-refractivity contribution in [2.75, 3.05) is 0 Å². The monoisotopic (exact) mass is 528 g/mol. The average molecular weight is 529 g/mol. The summed E-state index contributed by atoms with van der Waals surface area (Å²) in [6.45, 7) is 13.5.